The molecule has 0 spiro atoms. The Hall–Kier alpha value is 0.155. The van der Waals surface area contributed by atoms with Gasteiger partial charge in [-0.3, -0.25) is 0 Å². The fraction of sp³-hybridized carbons (Fsp3) is 0.143. The average molecular weight is 207 g/mol. The van der Waals surface area contributed by atoms with E-state index in [1.54, 1.807) is 0 Å². The predicted molar refractivity (Wildman–Crippen MR) is 54.4 cm³/mol. The summed E-state index contributed by atoms with van der Waals surface area (Å²) in [5, 5.41) is 1.51. The second-order valence-electron chi connectivity index (χ2n) is 2.43. The number of benzene rings is 1. The van der Waals surface area contributed by atoms with E-state index >= 15 is 0 Å². The maximum Gasteiger partial charge on any atom is 0.139 e. The molecule has 0 amide bonds. The van der Waals surface area contributed by atoms with Crippen LogP contribution in [-0.2, 0) is 0 Å². The standard InChI is InChI=1S/C7H6BCl3/c1-3-4(8)2-5(9)7(11)6(3)10/h2H,8H2,1H3. The zero-order chi connectivity index (χ0) is 8.59. The van der Waals surface area contributed by atoms with Gasteiger partial charge in [-0.25, -0.2) is 0 Å². The Morgan fingerprint density at radius 3 is 2.27 bits per heavy atom. The summed E-state index contributed by atoms with van der Waals surface area (Å²) < 4.78 is 0. The minimum atomic E-state index is 0.441. The van der Waals surface area contributed by atoms with Crippen molar-refractivity contribution >= 4 is 48.1 Å². The van der Waals surface area contributed by atoms with Crippen molar-refractivity contribution in [2.24, 2.45) is 0 Å². The van der Waals surface area contributed by atoms with Crippen molar-refractivity contribution in [1.82, 2.24) is 0 Å². The molecule has 0 fully saturated rings. The van der Waals surface area contributed by atoms with E-state index in [0.29, 0.717) is 15.1 Å². The normalized spacial score (nSPS) is 10.2. The first-order valence-corrected chi connectivity index (χ1v) is 4.28. The van der Waals surface area contributed by atoms with E-state index in [0.717, 1.165) is 11.0 Å². The molecule has 1 aromatic carbocycles. The number of halogens is 3. The second-order valence-corrected chi connectivity index (χ2v) is 3.59. The molecule has 0 nitrogen and oxygen atoms in total. The van der Waals surface area contributed by atoms with Gasteiger partial charge < -0.3 is 0 Å². The molecule has 1 aromatic rings. The highest BCUT2D eigenvalue weighted by Crippen LogP contribution is 2.30. The van der Waals surface area contributed by atoms with Crippen molar-refractivity contribution in [2.45, 2.75) is 6.92 Å². The van der Waals surface area contributed by atoms with Crippen LogP contribution in [0.15, 0.2) is 6.07 Å². The van der Waals surface area contributed by atoms with Gasteiger partial charge in [-0.15, -0.1) is 0 Å². The molecule has 0 saturated heterocycles. The van der Waals surface area contributed by atoms with Gasteiger partial charge in [0, 0.05) is 0 Å². The third kappa shape index (κ3) is 1.66. The van der Waals surface area contributed by atoms with Gasteiger partial charge in [0.1, 0.15) is 7.85 Å². The lowest BCUT2D eigenvalue weighted by atomic mass is 9.91. The van der Waals surface area contributed by atoms with E-state index in [-0.39, 0.29) is 0 Å². The lowest BCUT2D eigenvalue weighted by Gasteiger charge is -2.05. The highest BCUT2D eigenvalue weighted by molar-refractivity contribution is 6.50. The molecule has 0 aliphatic carbocycles. The Labute approximate surface area is 81.9 Å². The summed E-state index contributed by atoms with van der Waals surface area (Å²) in [4.78, 5) is 0. The summed E-state index contributed by atoms with van der Waals surface area (Å²) in [6.07, 6.45) is 0. The van der Waals surface area contributed by atoms with E-state index < -0.39 is 0 Å². The molecule has 0 unspecified atom stereocenters. The van der Waals surface area contributed by atoms with Crippen LogP contribution in [0.5, 0.6) is 0 Å². The molecule has 4 heteroatoms. The summed E-state index contributed by atoms with van der Waals surface area (Å²) >= 11 is 17.4. The van der Waals surface area contributed by atoms with Crippen LogP contribution >= 0.6 is 34.8 Å². The monoisotopic (exact) mass is 206 g/mol. The Morgan fingerprint density at radius 2 is 1.73 bits per heavy atom. The highest BCUT2D eigenvalue weighted by atomic mass is 35.5. The lowest BCUT2D eigenvalue weighted by Crippen LogP contribution is -2.07. The van der Waals surface area contributed by atoms with Crippen LogP contribution in [0, 0.1) is 6.92 Å². The molecular weight excluding hydrogens is 201 g/mol. The number of rotatable bonds is 0. The Kier molecular flexibility index (Phi) is 2.74. The third-order valence-electron chi connectivity index (χ3n) is 1.67. The zero-order valence-corrected chi connectivity index (χ0v) is 8.48. The van der Waals surface area contributed by atoms with E-state index in [2.05, 4.69) is 0 Å². The van der Waals surface area contributed by atoms with Crippen molar-refractivity contribution in [3.05, 3.63) is 26.7 Å². The van der Waals surface area contributed by atoms with Gasteiger partial charge in [0.25, 0.3) is 0 Å². The SMILES string of the molecule is Bc1cc(Cl)c(Cl)c(Cl)c1C. The van der Waals surface area contributed by atoms with Crippen LogP contribution in [0.1, 0.15) is 5.56 Å². The molecule has 0 atom stereocenters. The summed E-state index contributed by atoms with van der Waals surface area (Å²) in [6, 6.07) is 1.81. The van der Waals surface area contributed by atoms with Crippen LogP contribution in [0.4, 0.5) is 0 Å². The molecule has 0 saturated carbocycles. The fourth-order valence-corrected chi connectivity index (χ4v) is 1.56. The summed E-state index contributed by atoms with van der Waals surface area (Å²) in [5.74, 6) is 0. The molecule has 11 heavy (non-hydrogen) atoms. The van der Waals surface area contributed by atoms with Crippen LogP contribution in [0.25, 0.3) is 0 Å². The predicted octanol–water partition coefficient (Wildman–Crippen LogP) is 2.21. The topological polar surface area (TPSA) is 0 Å². The number of hydrogen-bond donors (Lipinski definition) is 0. The van der Waals surface area contributed by atoms with Crippen molar-refractivity contribution < 1.29 is 0 Å². The quantitative estimate of drug-likeness (QED) is 0.452. The zero-order valence-electron chi connectivity index (χ0n) is 6.21. The first-order chi connectivity index (χ1) is 5.04. The van der Waals surface area contributed by atoms with Crippen LogP contribution in [0.2, 0.25) is 15.1 Å². The van der Waals surface area contributed by atoms with E-state index in [9.17, 15) is 0 Å². The molecular formula is C7H6BCl3. The van der Waals surface area contributed by atoms with E-state index in [1.807, 2.05) is 20.8 Å². The van der Waals surface area contributed by atoms with Crippen LogP contribution in [-0.4, -0.2) is 7.85 Å². The number of hydrogen-bond acceptors (Lipinski definition) is 0. The van der Waals surface area contributed by atoms with Gasteiger partial charge in [0.15, 0.2) is 0 Å². The minimum Gasteiger partial charge on any atom is -0.0831 e. The van der Waals surface area contributed by atoms with Crippen molar-refractivity contribution in [2.75, 3.05) is 0 Å². The van der Waals surface area contributed by atoms with Crippen LogP contribution in [0.3, 0.4) is 0 Å². The maximum atomic E-state index is 5.87. The lowest BCUT2D eigenvalue weighted by molar-refractivity contribution is 1.51. The Balaban J connectivity index is 3.46. The first-order valence-electron chi connectivity index (χ1n) is 3.14. The first kappa shape index (κ1) is 9.24. The minimum absolute atomic E-state index is 0.441. The van der Waals surface area contributed by atoms with Gasteiger partial charge in [0.05, 0.1) is 15.1 Å². The largest absolute Gasteiger partial charge is 0.139 e. The molecule has 1 rings (SSSR count). The van der Waals surface area contributed by atoms with Gasteiger partial charge in [0.2, 0.25) is 0 Å². The average Bonchev–Trinajstić information content (AvgIpc) is 1.97. The summed E-state index contributed by atoms with van der Waals surface area (Å²) in [6.45, 7) is 1.92. The fourth-order valence-electron chi connectivity index (χ4n) is 0.804. The molecule has 58 valence electrons. The molecule has 0 heterocycles. The van der Waals surface area contributed by atoms with E-state index in [4.69, 9.17) is 34.8 Å². The van der Waals surface area contributed by atoms with Gasteiger partial charge in [-0.05, 0) is 18.6 Å². The summed E-state index contributed by atoms with van der Waals surface area (Å²) in [7, 11) is 1.95. The summed E-state index contributed by atoms with van der Waals surface area (Å²) in [5.41, 5.74) is 2.05. The van der Waals surface area contributed by atoms with Gasteiger partial charge in [-0.2, -0.15) is 0 Å². The third-order valence-corrected chi connectivity index (χ3v) is 3.02. The smallest absolute Gasteiger partial charge is 0.0831 e. The molecule has 0 aliphatic rings. The molecule has 0 aromatic heterocycles. The van der Waals surface area contributed by atoms with Gasteiger partial charge in [-0.1, -0.05) is 40.3 Å². The van der Waals surface area contributed by atoms with Crippen molar-refractivity contribution in [3.63, 3.8) is 0 Å². The van der Waals surface area contributed by atoms with Crippen LogP contribution < -0.4 is 5.46 Å². The van der Waals surface area contributed by atoms with Crippen molar-refractivity contribution in [1.29, 1.82) is 0 Å². The Bertz CT molecular complexity index is 270. The molecule has 0 N–H and O–H groups in total. The molecule has 0 bridgehead atoms. The molecule has 0 radical (unpaired) electrons. The van der Waals surface area contributed by atoms with Crippen molar-refractivity contribution in [3.8, 4) is 0 Å². The van der Waals surface area contributed by atoms with E-state index in [1.165, 1.54) is 0 Å². The van der Waals surface area contributed by atoms with Gasteiger partial charge >= 0.3 is 0 Å². The highest BCUT2D eigenvalue weighted by Gasteiger charge is 2.07. The Morgan fingerprint density at radius 1 is 1.18 bits per heavy atom. The molecule has 0 aliphatic heterocycles. The second kappa shape index (κ2) is 3.26. The maximum absolute atomic E-state index is 5.87.